The van der Waals surface area contributed by atoms with Gasteiger partial charge in [-0.2, -0.15) is 0 Å². The summed E-state index contributed by atoms with van der Waals surface area (Å²) in [7, 11) is 1.34. The van der Waals surface area contributed by atoms with Gasteiger partial charge in [-0.3, -0.25) is 10.3 Å². The van der Waals surface area contributed by atoms with E-state index in [0.717, 1.165) is 11.0 Å². The van der Waals surface area contributed by atoms with Gasteiger partial charge in [0.25, 0.3) is 0 Å². The number of primary amides is 1. The number of nitrogens with one attached hydrogen (secondary N) is 1. The highest BCUT2D eigenvalue weighted by Gasteiger charge is 2.19. The van der Waals surface area contributed by atoms with Crippen LogP contribution < -0.4 is 5.73 Å². The number of amidine groups is 1. The molecule has 0 fully saturated rings. The van der Waals surface area contributed by atoms with Gasteiger partial charge in [-0.25, -0.2) is 4.79 Å². The van der Waals surface area contributed by atoms with Gasteiger partial charge in [0.1, 0.15) is 17.3 Å². The number of aromatic hydroxyl groups is 2. The normalized spacial score (nSPS) is 10.4. The Labute approximate surface area is 105 Å². The van der Waals surface area contributed by atoms with E-state index in [1.54, 1.807) is 0 Å². The van der Waals surface area contributed by atoms with Crippen LogP contribution >= 0.6 is 0 Å². The number of nitrogens with two attached hydrogens (primary N) is 1. The minimum Gasteiger partial charge on any atom is -0.508 e. The van der Waals surface area contributed by atoms with E-state index in [9.17, 15) is 15.0 Å². The first-order valence-corrected chi connectivity index (χ1v) is 5.43. The molecule has 18 heavy (non-hydrogen) atoms. The third-order valence-electron chi connectivity index (χ3n) is 2.69. The van der Waals surface area contributed by atoms with Gasteiger partial charge in [0, 0.05) is 13.1 Å². The molecule has 0 aliphatic heterocycles. The number of amides is 2. The summed E-state index contributed by atoms with van der Waals surface area (Å²) in [5, 5.41) is 27.2. The summed E-state index contributed by atoms with van der Waals surface area (Å²) < 4.78 is 0. The number of nitrogens with zero attached hydrogens (tertiary/aromatic N) is 1. The molecule has 5 N–H and O–H groups in total. The Morgan fingerprint density at radius 3 is 2.33 bits per heavy atom. The Bertz CT molecular complexity index is 498. The third kappa shape index (κ3) is 2.53. The van der Waals surface area contributed by atoms with Gasteiger partial charge in [0.2, 0.25) is 0 Å². The van der Waals surface area contributed by atoms with Crippen molar-refractivity contribution in [3.05, 3.63) is 23.3 Å². The van der Waals surface area contributed by atoms with Crippen LogP contribution in [0.4, 0.5) is 4.79 Å². The number of rotatable bonds is 2. The van der Waals surface area contributed by atoms with E-state index in [-0.39, 0.29) is 28.8 Å². The molecule has 6 nitrogen and oxygen atoms in total. The predicted molar refractivity (Wildman–Crippen MR) is 68.0 cm³/mol. The maximum Gasteiger partial charge on any atom is 0.320 e. The average Bonchev–Trinajstić information content (AvgIpc) is 2.26. The van der Waals surface area contributed by atoms with E-state index in [1.165, 1.54) is 13.1 Å². The van der Waals surface area contributed by atoms with Crippen LogP contribution in [0.5, 0.6) is 11.5 Å². The molecule has 98 valence electrons. The zero-order valence-corrected chi connectivity index (χ0v) is 10.6. The molecule has 0 saturated heterocycles. The lowest BCUT2D eigenvalue weighted by Gasteiger charge is -2.18. The third-order valence-corrected chi connectivity index (χ3v) is 2.69. The molecule has 0 aromatic heterocycles. The van der Waals surface area contributed by atoms with Gasteiger partial charge in [0.15, 0.2) is 0 Å². The monoisotopic (exact) mass is 251 g/mol. The van der Waals surface area contributed by atoms with Crippen molar-refractivity contribution in [3.63, 3.8) is 0 Å². The van der Waals surface area contributed by atoms with Gasteiger partial charge < -0.3 is 15.9 Å². The summed E-state index contributed by atoms with van der Waals surface area (Å²) in [5.74, 6) is -0.506. The molecule has 0 aliphatic carbocycles. The van der Waals surface area contributed by atoms with Crippen molar-refractivity contribution in [3.8, 4) is 11.5 Å². The topological polar surface area (TPSA) is 111 Å². The van der Waals surface area contributed by atoms with E-state index in [0.29, 0.717) is 5.56 Å². The summed E-state index contributed by atoms with van der Waals surface area (Å²) in [6.07, 6.45) is 0. The van der Waals surface area contributed by atoms with Crippen molar-refractivity contribution >= 4 is 11.9 Å². The van der Waals surface area contributed by atoms with Gasteiger partial charge in [-0.05, 0) is 17.5 Å². The molecule has 0 radical (unpaired) electrons. The van der Waals surface area contributed by atoms with Crippen LogP contribution in [0, 0.1) is 5.41 Å². The fraction of sp³-hybridized carbons (Fsp3) is 0.333. The first-order valence-electron chi connectivity index (χ1n) is 5.43. The average molecular weight is 251 g/mol. The zero-order valence-electron chi connectivity index (χ0n) is 10.6. The Kier molecular flexibility index (Phi) is 3.80. The Morgan fingerprint density at radius 1 is 1.33 bits per heavy atom. The largest absolute Gasteiger partial charge is 0.508 e. The fourth-order valence-electron chi connectivity index (χ4n) is 1.54. The second kappa shape index (κ2) is 4.95. The van der Waals surface area contributed by atoms with Crippen molar-refractivity contribution in [2.24, 2.45) is 5.73 Å². The fourth-order valence-corrected chi connectivity index (χ4v) is 1.54. The van der Waals surface area contributed by atoms with Crippen molar-refractivity contribution in [1.29, 1.82) is 5.41 Å². The number of hydrogen-bond donors (Lipinski definition) is 4. The first kappa shape index (κ1) is 13.8. The van der Waals surface area contributed by atoms with Crippen molar-refractivity contribution in [2.45, 2.75) is 19.8 Å². The molecule has 0 saturated carbocycles. The minimum absolute atomic E-state index is 0.0241. The molecule has 0 bridgehead atoms. The van der Waals surface area contributed by atoms with Crippen LogP contribution in [0.25, 0.3) is 0 Å². The number of phenols is 2. The highest BCUT2D eigenvalue weighted by Crippen LogP contribution is 2.32. The first-order chi connectivity index (χ1) is 8.25. The zero-order chi connectivity index (χ0) is 14.0. The molecule has 2 amide bonds. The minimum atomic E-state index is -0.793. The summed E-state index contributed by atoms with van der Waals surface area (Å²) in [6.45, 7) is 3.74. The lowest BCUT2D eigenvalue weighted by Crippen LogP contribution is -2.37. The van der Waals surface area contributed by atoms with Crippen LogP contribution in [-0.4, -0.2) is 34.0 Å². The number of hydrogen-bond acceptors (Lipinski definition) is 4. The van der Waals surface area contributed by atoms with E-state index in [1.807, 2.05) is 13.8 Å². The molecule has 0 unspecified atom stereocenters. The Balaban J connectivity index is 3.29. The lowest BCUT2D eigenvalue weighted by molar-refractivity contribution is 0.235. The molecule has 0 heterocycles. The number of carbonyl (C=O) groups is 1. The number of urea groups is 1. The lowest BCUT2D eigenvalue weighted by atomic mass is 9.98. The maximum atomic E-state index is 11.0. The van der Waals surface area contributed by atoms with Crippen LogP contribution in [-0.2, 0) is 0 Å². The number of carbonyl (C=O) groups excluding carboxylic acids is 1. The van der Waals surface area contributed by atoms with Crippen LogP contribution in [0.3, 0.4) is 0 Å². The van der Waals surface area contributed by atoms with E-state index in [2.05, 4.69) is 0 Å². The molecule has 0 spiro atoms. The van der Waals surface area contributed by atoms with E-state index < -0.39 is 6.03 Å². The Hall–Kier alpha value is -2.24. The summed E-state index contributed by atoms with van der Waals surface area (Å²) >= 11 is 0. The molecule has 1 rings (SSSR count). The Morgan fingerprint density at radius 2 is 1.89 bits per heavy atom. The molecular formula is C12H17N3O3. The van der Waals surface area contributed by atoms with Crippen molar-refractivity contribution < 1.29 is 15.0 Å². The van der Waals surface area contributed by atoms with Crippen molar-refractivity contribution in [1.82, 2.24) is 4.90 Å². The quantitative estimate of drug-likeness (QED) is 0.472. The molecular weight excluding hydrogens is 234 g/mol. The molecule has 1 aromatic carbocycles. The highest BCUT2D eigenvalue weighted by atomic mass is 16.3. The molecule has 6 heteroatoms. The standard InChI is InChI=1S/C12H17N3O3/c1-6(2)7-4-8(10(17)5-9(7)16)11(13)15(3)12(14)18/h4-6,13,16-17H,1-3H3,(H2,14,18). The summed E-state index contributed by atoms with van der Waals surface area (Å²) in [5.41, 5.74) is 5.81. The van der Waals surface area contributed by atoms with Crippen LogP contribution in [0.15, 0.2) is 12.1 Å². The highest BCUT2D eigenvalue weighted by molar-refractivity contribution is 6.07. The second-order valence-electron chi connectivity index (χ2n) is 4.33. The SMILES string of the molecule is CC(C)c1cc(C(=N)N(C)C(N)=O)c(O)cc1O. The van der Waals surface area contributed by atoms with Crippen LogP contribution in [0.2, 0.25) is 0 Å². The van der Waals surface area contributed by atoms with E-state index in [4.69, 9.17) is 11.1 Å². The summed E-state index contributed by atoms with van der Waals surface area (Å²) in [6, 6.07) is 1.85. The predicted octanol–water partition coefficient (Wildman–Crippen LogP) is 1.56. The smallest absolute Gasteiger partial charge is 0.320 e. The molecule has 0 atom stereocenters. The molecule has 0 aliphatic rings. The van der Waals surface area contributed by atoms with Crippen molar-refractivity contribution in [2.75, 3.05) is 7.05 Å². The molecule has 1 aromatic rings. The van der Waals surface area contributed by atoms with E-state index >= 15 is 0 Å². The summed E-state index contributed by atoms with van der Waals surface area (Å²) in [4.78, 5) is 11.9. The number of benzene rings is 1. The van der Waals surface area contributed by atoms with Crippen LogP contribution in [0.1, 0.15) is 30.9 Å². The van der Waals surface area contributed by atoms with Gasteiger partial charge >= 0.3 is 6.03 Å². The second-order valence-corrected chi connectivity index (χ2v) is 4.33. The number of phenolic OH excluding ortho intramolecular Hbond substituents is 2. The van der Waals surface area contributed by atoms with Gasteiger partial charge in [-0.1, -0.05) is 13.8 Å². The van der Waals surface area contributed by atoms with Gasteiger partial charge in [0.05, 0.1) is 5.56 Å². The van der Waals surface area contributed by atoms with Gasteiger partial charge in [-0.15, -0.1) is 0 Å². The maximum absolute atomic E-state index is 11.0.